The maximum atomic E-state index is 12.6. The van der Waals surface area contributed by atoms with Crippen molar-refractivity contribution >= 4 is 28.9 Å². The van der Waals surface area contributed by atoms with Gasteiger partial charge in [-0.15, -0.1) is 0 Å². The number of benzene rings is 2. The van der Waals surface area contributed by atoms with E-state index in [0.717, 1.165) is 0 Å². The fourth-order valence-corrected chi connectivity index (χ4v) is 2.62. The highest BCUT2D eigenvalue weighted by Gasteiger charge is 2.39. The van der Waals surface area contributed by atoms with Gasteiger partial charge in [0.25, 0.3) is 5.69 Å². The third kappa shape index (κ3) is 1.89. The lowest BCUT2D eigenvalue weighted by Crippen LogP contribution is -2.25. The number of nitrogens with zero attached hydrogens (tertiary/aromatic N) is 1. The molecule has 0 spiro atoms. The van der Waals surface area contributed by atoms with Crippen LogP contribution in [0.1, 0.15) is 42.2 Å². The number of carbonyl (C=O) groups is 3. The van der Waals surface area contributed by atoms with Crippen molar-refractivity contribution in [3.63, 3.8) is 0 Å². The molecule has 0 atom stereocenters. The van der Waals surface area contributed by atoms with Crippen LogP contribution in [0.25, 0.3) is 0 Å². The molecule has 0 saturated carbocycles. The lowest BCUT2D eigenvalue weighted by atomic mass is 9.81. The van der Waals surface area contributed by atoms with Crippen molar-refractivity contribution < 1.29 is 24.4 Å². The molecular formula is C15H8N2O6. The number of carboxylic acids is 1. The summed E-state index contributed by atoms with van der Waals surface area (Å²) in [4.78, 5) is 46.7. The Morgan fingerprint density at radius 2 is 1.61 bits per heavy atom. The maximum absolute atomic E-state index is 12.6. The van der Waals surface area contributed by atoms with E-state index in [-0.39, 0.29) is 11.1 Å². The van der Waals surface area contributed by atoms with Gasteiger partial charge in [-0.05, 0) is 0 Å². The van der Waals surface area contributed by atoms with E-state index >= 15 is 0 Å². The quantitative estimate of drug-likeness (QED) is 0.416. The molecule has 1 aliphatic carbocycles. The molecule has 2 aromatic rings. The van der Waals surface area contributed by atoms with Crippen LogP contribution in [-0.2, 0) is 0 Å². The SMILES string of the molecule is Nc1c(C(=O)O)cc([N+](=O)[O-])c2c1C(=O)c1ccccc1C2=O. The molecule has 23 heavy (non-hydrogen) atoms. The molecule has 0 aliphatic heterocycles. The first-order valence-electron chi connectivity index (χ1n) is 6.37. The van der Waals surface area contributed by atoms with Gasteiger partial charge in [-0.2, -0.15) is 0 Å². The molecule has 0 heterocycles. The monoisotopic (exact) mass is 312 g/mol. The van der Waals surface area contributed by atoms with E-state index in [1.165, 1.54) is 24.3 Å². The van der Waals surface area contributed by atoms with Crippen LogP contribution in [0.5, 0.6) is 0 Å². The van der Waals surface area contributed by atoms with Crippen LogP contribution < -0.4 is 5.73 Å². The number of carboxylic acid groups (broad SMARTS) is 1. The Labute approximate surface area is 128 Å². The van der Waals surface area contributed by atoms with Crippen LogP contribution >= 0.6 is 0 Å². The molecule has 0 saturated heterocycles. The predicted octanol–water partition coefficient (Wildman–Crippen LogP) is 1.65. The average molecular weight is 312 g/mol. The summed E-state index contributed by atoms with van der Waals surface area (Å²) in [7, 11) is 0. The number of anilines is 1. The van der Waals surface area contributed by atoms with Crippen molar-refractivity contribution in [2.24, 2.45) is 0 Å². The van der Waals surface area contributed by atoms with Crippen LogP contribution in [-0.4, -0.2) is 27.6 Å². The number of fused-ring (bicyclic) bond motifs is 2. The standard InChI is InChI=1S/C15H8N2O6/c16-12-8(15(20)21)5-9(17(22)23)10-11(12)14(19)7-4-2-1-3-6(7)13(10)18/h1-5H,16H2,(H,20,21). The predicted molar refractivity (Wildman–Crippen MR) is 77.8 cm³/mol. The molecule has 0 bridgehead atoms. The average Bonchev–Trinajstić information content (AvgIpc) is 2.51. The van der Waals surface area contributed by atoms with Crippen LogP contribution in [0.15, 0.2) is 30.3 Å². The highest BCUT2D eigenvalue weighted by Crippen LogP contribution is 2.38. The lowest BCUT2D eigenvalue weighted by molar-refractivity contribution is -0.385. The minimum Gasteiger partial charge on any atom is -0.478 e. The Balaban J connectivity index is 2.46. The zero-order valence-electron chi connectivity index (χ0n) is 11.4. The molecule has 0 unspecified atom stereocenters. The summed E-state index contributed by atoms with van der Waals surface area (Å²) in [5.74, 6) is -2.96. The van der Waals surface area contributed by atoms with Crippen molar-refractivity contribution in [3.05, 3.63) is 68.3 Å². The van der Waals surface area contributed by atoms with Gasteiger partial charge in [-0.3, -0.25) is 19.7 Å². The molecule has 0 aromatic heterocycles. The molecule has 8 nitrogen and oxygen atoms in total. The van der Waals surface area contributed by atoms with E-state index in [9.17, 15) is 24.5 Å². The maximum Gasteiger partial charge on any atom is 0.338 e. The number of aromatic carboxylic acids is 1. The number of nitro benzene ring substituents is 1. The minimum absolute atomic E-state index is 0.0237. The van der Waals surface area contributed by atoms with E-state index in [1.807, 2.05) is 0 Å². The topological polar surface area (TPSA) is 141 Å². The van der Waals surface area contributed by atoms with E-state index < -0.39 is 50.5 Å². The van der Waals surface area contributed by atoms with Gasteiger partial charge < -0.3 is 10.8 Å². The Hall–Kier alpha value is -3.55. The first-order valence-corrected chi connectivity index (χ1v) is 6.37. The van der Waals surface area contributed by atoms with Crippen molar-refractivity contribution in [2.45, 2.75) is 0 Å². The zero-order valence-corrected chi connectivity index (χ0v) is 11.4. The number of hydrogen-bond donors (Lipinski definition) is 2. The van der Waals surface area contributed by atoms with Gasteiger partial charge in [0.05, 0.1) is 21.7 Å². The van der Waals surface area contributed by atoms with Gasteiger partial charge in [-0.25, -0.2) is 4.79 Å². The number of nitro groups is 1. The van der Waals surface area contributed by atoms with Gasteiger partial charge in [0.2, 0.25) is 5.78 Å². The largest absolute Gasteiger partial charge is 0.478 e. The summed E-state index contributed by atoms with van der Waals surface area (Å²) in [6.07, 6.45) is 0. The normalized spacial score (nSPS) is 12.5. The molecule has 114 valence electrons. The molecule has 2 aromatic carbocycles. The Morgan fingerprint density at radius 3 is 2.09 bits per heavy atom. The summed E-state index contributed by atoms with van der Waals surface area (Å²) in [6.45, 7) is 0. The molecule has 0 amide bonds. The van der Waals surface area contributed by atoms with E-state index in [1.54, 1.807) is 0 Å². The molecule has 3 rings (SSSR count). The summed E-state index contributed by atoms with van der Waals surface area (Å²) in [5.41, 5.74) is 3.07. The Kier molecular flexibility index (Phi) is 2.96. The van der Waals surface area contributed by atoms with Crippen LogP contribution in [0, 0.1) is 10.1 Å². The van der Waals surface area contributed by atoms with Crippen molar-refractivity contribution in [3.8, 4) is 0 Å². The number of rotatable bonds is 2. The first kappa shape index (κ1) is 14.4. The van der Waals surface area contributed by atoms with Gasteiger partial charge in [0, 0.05) is 17.2 Å². The molecular weight excluding hydrogens is 304 g/mol. The number of nitrogens with two attached hydrogens (primary N) is 1. The Bertz CT molecular complexity index is 932. The van der Waals surface area contributed by atoms with E-state index in [2.05, 4.69) is 0 Å². The second-order valence-electron chi connectivity index (χ2n) is 4.87. The highest BCUT2D eigenvalue weighted by atomic mass is 16.6. The lowest BCUT2D eigenvalue weighted by Gasteiger charge is -2.19. The smallest absolute Gasteiger partial charge is 0.338 e. The molecule has 8 heteroatoms. The van der Waals surface area contributed by atoms with Crippen LogP contribution in [0.2, 0.25) is 0 Å². The van der Waals surface area contributed by atoms with Gasteiger partial charge in [-0.1, -0.05) is 24.3 Å². The number of nitrogen functional groups attached to an aromatic ring is 1. The minimum atomic E-state index is -1.52. The zero-order chi connectivity index (χ0) is 16.9. The van der Waals surface area contributed by atoms with Gasteiger partial charge >= 0.3 is 5.97 Å². The van der Waals surface area contributed by atoms with Crippen molar-refractivity contribution in [2.75, 3.05) is 5.73 Å². The number of carbonyl (C=O) groups excluding carboxylic acids is 2. The number of ketones is 2. The van der Waals surface area contributed by atoms with Crippen LogP contribution in [0.4, 0.5) is 11.4 Å². The third-order valence-corrected chi connectivity index (χ3v) is 3.64. The molecule has 0 radical (unpaired) electrons. The molecule has 3 N–H and O–H groups in total. The van der Waals surface area contributed by atoms with E-state index in [4.69, 9.17) is 10.8 Å². The van der Waals surface area contributed by atoms with E-state index in [0.29, 0.717) is 6.07 Å². The fourth-order valence-electron chi connectivity index (χ4n) is 2.62. The second kappa shape index (κ2) is 4.73. The Morgan fingerprint density at radius 1 is 1.09 bits per heavy atom. The summed E-state index contributed by atoms with van der Waals surface area (Å²) in [6, 6.07) is 6.52. The van der Waals surface area contributed by atoms with Crippen LogP contribution in [0.3, 0.4) is 0 Å². The van der Waals surface area contributed by atoms with Crippen molar-refractivity contribution in [1.82, 2.24) is 0 Å². The fraction of sp³-hybridized carbons (Fsp3) is 0. The number of hydrogen-bond acceptors (Lipinski definition) is 6. The molecule has 1 aliphatic rings. The summed E-state index contributed by atoms with van der Waals surface area (Å²) < 4.78 is 0. The first-order chi connectivity index (χ1) is 10.8. The van der Waals surface area contributed by atoms with Gasteiger partial charge in [0.15, 0.2) is 5.78 Å². The summed E-state index contributed by atoms with van der Waals surface area (Å²) >= 11 is 0. The van der Waals surface area contributed by atoms with Gasteiger partial charge in [0.1, 0.15) is 5.56 Å². The highest BCUT2D eigenvalue weighted by molar-refractivity contribution is 6.32. The second-order valence-corrected chi connectivity index (χ2v) is 4.87. The summed E-state index contributed by atoms with van der Waals surface area (Å²) in [5, 5.41) is 20.4. The molecule has 0 fully saturated rings. The van der Waals surface area contributed by atoms with Crippen molar-refractivity contribution in [1.29, 1.82) is 0 Å². The third-order valence-electron chi connectivity index (χ3n) is 3.64.